The lowest BCUT2D eigenvalue weighted by molar-refractivity contribution is 0.439. The Bertz CT molecular complexity index is 411. The van der Waals surface area contributed by atoms with E-state index in [1.807, 2.05) is 0 Å². The first-order valence-corrected chi connectivity index (χ1v) is 4.78. The van der Waals surface area contributed by atoms with Crippen molar-refractivity contribution in [1.82, 2.24) is 5.16 Å². The van der Waals surface area contributed by atoms with Crippen LogP contribution in [-0.4, -0.2) is 5.16 Å². The molecule has 0 saturated heterocycles. The molecular formula is C9H10N2OS. The molecule has 2 aromatic rings. The molecule has 13 heavy (non-hydrogen) atoms. The van der Waals surface area contributed by atoms with Crippen molar-refractivity contribution in [3.8, 4) is 10.6 Å². The Labute approximate surface area is 80.2 Å². The largest absolute Gasteiger partial charge is 0.368 e. The number of aryl methyl sites for hydroxylation is 2. The van der Waals surface area contributed by atoms with Crippen LogP contribution in [0.1, 0.15) is 10.4 Å². The monoisotopic (exact) mass is 194 g/mol. The third kappa shape index (κ3) is 1.45. The quantitative estimate of drug-likeness (QED) is 0.759. The molecule has 0 bridgehead atoms. The van der Waals surface area contributed by atoms with E-state index in [1.54, 1.807) is 17.4 Å². The molecule has 0 fully saturated rings. The molecule has 0 aliphatic carbocycles. The Morgan fingerprint density at radius 2 is 2.15 bits per heavy atom. The van der Waals surface area contributed by atoms with E-state index >= 15 is 0 Å². The van der Waals surface area contributed by atoms with Crippen LogP contribution in [0.15, 0.2) is 16.7 Å². The summed E-state index contributed by atoms with van der Waals surface area (Å²) in [5.74, 6) is 0.360. The van der Waals surface area contributed by atoms with E-state index in [2.05, 4.69) is 25.1 Å². The predicted octanol–water partition coefficient (Wildman–Crippen LogP) is 2.60. The van der Waals surface area contributed by atoms with Crippen molar-refractivity contribution >= 4 is 17.2 Å². The van der Waals surface area contributed by atoms with Crippen LogP contribution in [0.5, 0.6) is 0 Å². The van der Waals surface area contributed by atoms with Crippen molar-refractivity contribution in [2.75, 3.05) is 5.73 Å². The topological polar surface area (TPSA) is 52.0 Å². The zero-order chi connectivity index (χ0) is 9.42. The fraction of sp³-hybridized carbons (Fsp3) is 0.222. The highest BCUT2D eigenvalue weighted by Crippen LogP contribution is 2.30. The third-order valence-corrected chi connectivity index (χ3v) is 3.12. The van der Waals surface area contributed by atoms with Gasteiger partial charge in [-0.15, -0.1) is 11.3 Å². The minimum absolute atomic E-state index is 0.360. The van der Waals surface area contributed by atoms with E-state index in [-0.39, 0.29) is 0 Å². The van der Waals surface area contributed by atoms with Crippen molar-refractivity contribution in [1.29, 1.82) is 0 Å². The summed E-state index contributed by atoms with van der Waals surface area (Å²) in [5, 5.41) is 3.85. The van der Waals surface area contributed by atoms with Gasteiger partial charge in [-0.05, 0) is 25.5 Å². The SMILES string of the molecule is Cc1cc(-c2cc(N)on2)sc1C. The van der Waals surface area contributed by atoms with E-state index in [4.69, 9.17) is 10.3 Å². The second-order valence-corrected chi connectivity index (χ2v) is 4.22. The normalized spacial score (nSPS) is 10.6. The molecule has 2 N–H and O–H groups in total. The van der Waals surface area contributed by atoms with E-state index < -0.39 is 0 Å². The summed E-state index contributed by atoms with van der Waals surface area (Å²) in [6.45, 7) is 4.17. The predicted molar refractivity (Wildman–Crippen MR) is 53.7 cm³/mol. The molecule has 3 nitrogen and oxygen atoms in total. The molecule has 4 heteroatoms. The van der Waals surface area contributed by atoms with Crippen LogP contribution in [-0.2, 0) is 0 Å². The molecule has 68 valence electrons. The van der Waals surface area contributed by atoms with Crippen molar-refractivity contribution in [3.63, 3.8) is 0 Å². The van der Waals surface area contributed by atoms with Crippen LogP contribution in [0.2, 0.25) is 0 Å². The lowest BCUT2D eigenvalue weighted by Crippen LogP contribution is -1.75. The Balaban J connectivity index is 2.46. The zero-order valence-electron chi connectivity index (χ0n) is 7.50. The van der Waals surface area contributed by atoms with Gasteiger partial charge >= 0.3 is 0 Å². The second kappa shape index (κ2) is 2.88. The number of nitrogens with two attached hydrogens (primary N) is 1. The van der Waals surface area contributed by atoms with Gasteiger partial charge in [0.2, 0.25) is 5.88 Å². The van der Waals surface area contributed by atoms with Crippen molar-refractivity contribution in [2.45, 2.75) is 13.8 Å². The molecule has 0 spiro atoms. The lowest BCUT2D eigenvalue weighted by Gasteiger charge is -1.83. The molecule has 0 aliphatic rings. The van der Waals surface area contributed by atoms with Crippen LogP contribution < -0.4 is 5.73 Å². The number of nitrogen functional groups attached to an aromatic ring is 1. The molecule has 2 heterocycles. The van der Waals surface area contributed by atoms with Crippen molar-refractivity contribution in [2.24, 2.45) is 0 Å². The van der Waals surface area contributed by atoms with Crippen LogP contribution in [0.4, 0.5) is 5.88 Å². The second-order valence-electron chi connectivity index (χ2n) is 2.96. The third-order valence-electron chi connectivity index (χ3n) is 1.95. The number of aromatic nitrogens is 1. The van der Waals surface area contributed by atoms with Gasteiger partial charge < -0.3 is 10.3 Å². The molecule has 2 rings (SSSR count). The van der Waals surface area contributed by atoms with Gasteiger partial charge in [0.1, 0.15) is 5.69 Å². The van der Waals surface area contributed by atoms with Crippen molar-refractivity contribution < 1.29 is 4.52 Å². The average Bonchev–Trinajstić information content (AvgIpc) is 2.61. The standard InChI is InChI=1S/C9H10N2OS/c1-5-3-8(13-6(5)2)7-4-9(10)12-11-7/h3-4H,10H2,1-2H3. The Morgan fingerprint density at radius 3 is 2.62 bits per heavy atom. The minimum Gasteiger partial charge on any atom is -0.368 e. The highest BCUT2D eigenvalue weighted by molar-refractivity contribution is 7.15. The summed E-state index contributed by atoms with van der Waals surface area (Å²) in [4.78, 5) is 2.41. The van der Waals surface area contributed by atoms with Crippen molar-refractivity contribution in [3.05, 3.63) is 22.6 Å². The maximum absolute atomic E-state index is 5.44. The average molecular weight is 194 g/mol. The van der Waals surface area contributed by atoms with Gasteiger partial charge in [-0.25, -0.2) is 0 Å². The summed E-state index contributed by atoms with van der Waals surface area (Å²) >= 11 is 1.70. The molecule has 0 saturated carbocycles. The highest BCUT2D eigenvalue weighted by atomic mass is 32.1. The maximum atomic E-state index is 5.44. The van der Waals surface area contributed by atoms with Gasteiger partial charge in [-0.2, -0.15) is 0 Å². The van der Waals surface area contributed by atoms with Crippen LogP contribution in [0.3, 0.4) is 0 Å². The number of anilines is 1. The smallest absolute Gasteiger partial charge is 0.222 e. The highest BCUT2D eigenvalue weighted by Gasteiger charge is 2.08. The van der Waals surface area contributed by atoms with E-state index in [1.165, 1.54) is 10.4 Å². The number of thiophene rings is 1. The summed E-state index contributed by atoms with van der Waals surface area (Å²) in [6.07, 6.45) is 0. The molecule has 0 unspecified atom stereocenters. The minimum atomic E-state index is 0.360. The fourth-order valence-electron chi connectivity index (χ4n) is 1.10. The zero-order valence-corrected chi connectivity index (χ0v) is 8.31. The molecule has 2 aromatic heterocycles. The lowest BCUT2D eigenvalue weighted by atomic mass is 10.2. The summed E-state index contributed by atoms with van der Waals surface area (Å²) in [6, 6.07) is 3.84. The number of nitrogens with zero attached hydrogens (tertiary/aromatic N) is 1. The van der Waals surface area contributed by atoms with Gasteiger partial charge in [0.15, 0.2) is 0 Å². The van der Waals surface area contributed by atoms with Gasteiger partial charge in [-0.3, -0.25) is 0 Å². The van der Waals surface area contributed by atoms with Crippen LogP contribution >= 0.6 is 11.3 Å². The number of hydrogen-bond donors (Lipinski definition) is 1. The van der Waals surface area contributed by atoms with E-state index in [0.29, 0.717) is 5.88 Å². The first-order chi connectivity index (χ1) is 6.16. The Kier molecular flexibility index (Phi) is 1.84. The molecular weight excluding hydrogens is 184 g/mol. The number of rotatable bonds is 1. The van der Waals surface area contributed by atoms with E-state index in [9.17, 15) is 0 Å². The van der Waals surface area contributed by atoms with Gasteiger partial charge in [0.05, 0.1) is 4.88 Å². The summed E-state index contributed by atoms with van der Waals surface area (Å²) in [7, 11) is 0. The molecule has 0 aliphatic heterocycles. The van der Waals surface area contributed by atoms with Gasteiger partial charge in [0, 0.05) is 10.9 Å². The first-order valence-electron chi connectivity index (χ1n) is 3.96. The maximum Gasteiger partial charge on any atom is 0.222 e. The fourth-order valence-corrected chi connectivity index (χ4v) is 2.09. The number of hydrogen-bond acceptors (Lipinski definition) is 4. The van der Waals surface area contributed by atoms with E-state index in [0.717, 1.165) is 10.6 Å². The Morgan fingerprint density at radius 1 is 1.38 bits per heavy atom. The Hall–Kier alpha value is -1.29. The summed E-state index contributed by atoms with van der Waals surface area (Å²) in [5.41, 5.74) is 7.53. The van der Waals surface area contributed by atoms with Crippen LogP contribution in [0, 0.1) is 13.8 Å². The first kappa shape index (κ1) is 8.31. The molecule has 0 amide bonds. The van der Waals surface area contributed by atoms with Gasteiger partial charge in [-0.1, -0.05) is 5.16 Å². The molecule has 0 aromatic carbocycles. The van der Waals surface area contributed by atoms with Gasteiger partial charge in [0.25, 0.3) is 0 Å². The van der Waals surface area contributed by atoms with Crippen LogP contribution in [0.25, 0.3) is 10.6 Å². The molecule has 0 radical (unpaired) electrons. The summed E-state index contributed by atoms with van der Waals surface area (Å²) < 4.78 is 4.80. The molecule has 0 atom stereocenters.